The molecule has 2 unspecified atom stereocenters. The molecule has 3 N–H and O–H groups in total. The second kappa shape index (κ2) is 10.4. The molecule has 0 saturated heterocycles. The number of likely N-dealkylation sites (N-methyl/N-ethyl adjacent to an activating group) is 1. The lowest BCUT2D eigenvalue weighted by Crippen LogP contribution is -2.52. The standard InChI is InChI=1S/C29H31N5O3/c1-18(30-2)28(35)33-25-12-9-19-6-4-5-7-26(19)34(29(25)36)17-24-23-11-8-20(22-15-31-32-16-22)14-21(23)10-13-27(24)37-3/h4-8,10-11,13-16,18,25,30H,9,12,17H2,1-3H3,(H,31,32)(H,33,35). The van der Waals surface area contributed by atoms with Crippen molar-refractivity contribution < 1.29 is 14.3 Å². The van der Waals surface area contributed by atoms with E-state index in [-0.39, 0.29) is 11.8 Å². The van der Waals surface area contributed by atoms with Crippen LogP contribution >= 0.6 is 0 Å². The number of rotatable bonds is 7. The Labute approximate surface area is 216 Å². The Balaban J connectivity index is 1.56. The number of aryl methyl sites for hydroxylation is 1. The fourth-order valence-electron chi connectivity index (χ4n) is 4.92. The van der Waals surface area contributed by atoms with Gasteiger partial charge < -0.3 is 20.3 Å². The van der Waals surface area contributed by atoms with Crippen LogP contribution in [0.25, 0.3) is 21.9 Å². The van der Waals surface area contributed by atoms with E-state index in [0.29, 0.717) is 25.1 Å². The van der Waals surface area contributed by atoms with Crippen LogP contribution in [0.5, 0.6) is 5.75 Å². The molecule has 1 aliphatic heterocycles. The lowest BCUT2D eigenvalue weighted by molar-refractivity contribution is -0.128. The van der Waals surface area contributed by atoms with Gasteiger partial charge >= 0.3 is 0 Å². The fourth-order valence-corrected chi connectivity index (χ4v) is 4.92. The number of ether oxygens (including phenoxy) is 1. The second-order valence-corrected chi connectivity index (χ2v) is 9.33. The van der Waals surface area contributed by atoms with E-state index >= 15 is 0 Å². The van der Waals surface area contributed by atoms with Crippen LogP contribution in [0.2, 0.25) is 0 Å². The zero-order chi connectivity index (χ0) is 25.9. The molecule has 37 heavy (non-hydrogen) atoms. The van der Waals surface area contributed by atoms with Crippen molar-refractivity contribution >= 4 is 28.3 Å². The fraction of sp³-hybridized carbons (Fsp3) is 0.276. The van der Waals surface area contributed by atoms with E-state index in [1.807, 2.05) is 42.6 Å². The molecule has 1 aromatic heterocycles. The predicted molar refractivity (Wildman–Crippen MR) is 144 cm³/mol. The van der Waals surface area contributed by atoms with Gasteiger partial charge in [-0.1, -0.05) is 36.4 Å². The van der Waals surface area contributed by atoms with E-state index in [1.165, 1.54) is 0 Å². The highest BCUT2D eigenvalue weighted by atomic mass is 16.5. The lowest BCUT2D eigenvalue weighted by atomic mass is 9.98. The Morgan fingerprint density at radius 2 is 2.03 bits per heavy atom. The van der Waals surface area contributed by atoms with Crippen molar-refractivity contribution in [3.8, 4) is 16.9 Å². The maximum atomic E-state index is 13.9. The molecule has 5 rings (SSSR count). The number of para-hydroxylation sites is 1. The number of carbonyl (C=O) groups excluding carboxylic acids is 2. The number of fused-ring (bicyclic) bond motifs is 2. The normalized spacial score (nSPS) is 16.2. The van der Waals surface area contributed by atoms with Gasteiger partial charge in [0, 0.05) is 23.0 Å². The number of carbonyl (C=O) groups is 2. The summed E-state index contributed by atoms with van der Waals surface area (Å²) in [6.07, 6.45) is 4.89. The number of methoxy groups -OCH3 is 1. The zero-order valence-corrected chi connectivity index (χ0v) is 21.2. The van der Waals surface area contributed by atoms with Crippen LogP contribution < -0.4 is 20.3 Å². The molecule has 0 bridgehead atoms. The van der Waals surface area contributed by atoms with E-state index < -0.39 is 12.1 Å². The smallest absolute Gasteiger partial charge is 0.249 e. The first-order valence-corrected chi connectivity index (χ1v) is 12.5. The quantitative estimate of drug-likeness (QED) is 0.361. The summed E-state index contributed by atoms with van der Waals surface area (Å²) >= 11 is 0. The number of benzene rings is 3. The van der Waals surface area contributed by atoms with Crippen LogP contribution in [0.1, 0.15) is 24.5 Å². The molecule has 2 atom stereocenters. The topological polar surface area (TPSA) is 99.3 Å². The van der Waals surface area contributed by atoms with E-state index in [1.54, 1.807) is 32.2 Å². The summed E-state index contributed by atoms with van der Waals surface area (Å²) in [6.45, 7) is 2.09. The largest absolute Gasteiger partial charge is 0.496 e. The minimum Gasteiger partial charge on any atom is -0.496 e. The van der Waals surface area contributed by atoms with Gasteiger partial charge in [0.25, 0.3) is 0 Å². The van der Waals surface area contributed by atoms with Crippen molar-refractivity contribution in [2.24, 2.45) is 0 Å². The summed E-state index contributed by atoms with van der Waals surface area (Å²) in [5.41, 5.74) is 4.91. The summed E-state index contributed by atoms with van der Waals surface area (Å²) in [5, 5.41) is 14.9. The predicted octanol–water partition coefficient (Wildman–Crippen LogP) is 3.81. The second-order valence-electron chi connectivity index (χ2n) is 9.33. The third kappa shape index (κ3) is 4.80. The molecule has 0 fully saturated rings. The summed E-state index contributed by atoms with van der Waals surface area (Å²) in [6, 6.07) is 17.1. The number of nitrogens with zero attached hydrogens (tertiary/aromatic N) is 2. The van der Waals surface area contributed by atoms with Gasteiger partial charge in [0.15, 0.2) is 0 Å². The highest BCUT2D eigenvalue weighted by Gasteiger charge is 2.33. The number of anilines is 1. The number of nitrogens with one attached hydrogen (secondary N) is 3. The molecule has 190 valence electrons. The van der Waals surface area contributed by atoms with Gasteiger partial charge in [-0.15, -0.1) is 0 Å². The number of H-pyrrole nitrogens is 1. The van der Waals surface area contributed by atoms with Crippen molar-refractivity contribution in [2.45, 2.75) is 38.4 Å². The summed E-state index contributed by atoms with van der Waals surface area (Å²) in [4.78, 5) is 28.4. The van der Waals surface area contributed by atoms with Gasteiger partial charge in [0.05, 0.1) is 25.9 Å². The van der Waals surface area contributed by atoms with E-state index in [0.717, 1.165) is 38.7 Å². The molecule has 2 amide bonds. The maximum Gasteiger partial charge on any atom is 0.249 e. The molecule has 8 heteroatoms. The van der Waals surface area contributed by atoms with Gasteiger partial charge in [-0.3, -0.25) is 14.7 Å². The van der Waals surface area contributed by atoms with E-state index in [2.05, 4.69) is 39.0 Å². The molecule has 3 aromatic carbocycles. The summed E-state index contributed by atoms with van der Waals surface area (Å²) in [7, 11) is 3.37. The summed E-state index contributed by atoms with van der Waals surface area (Å²) in [5.74, 6) is 0.388. The molecule has 0 saturated carbocycles. The average Bonchev–Trinajstić information content (AvgIpc) is 3.44. The molecular formula is C29H31N5O3. The first-order valence-electron chi connectivity index (χ1n) is 12.5. The molecule has 0 spiro atoms. The van der Waals surface area contributed by atoms with Crippen LogP contribution in [-0.4, -0.2) is 48.3 Å². The Hall–Kier alpha value is -4.17. The molecule has 8 nitrogen and oxygen atoms in total. The van der Waals surface area contributed by atoms with E-state index in [9.17, 15) is 9.59 Å². The number of hydrogen-bond acceptors (Lipinski definition) is 5. The highest BCUT2D eigenvalue weighted by molar-refractivity contribution is 6.02. The first-order chi connectivity index (χ1) is 18.0. The van der Waals surface area contributed by atoms with Crippen molar-refractivity contribution in [3.63, 3.8) is 0 Å². The minimum atomic E-state index is -0.621. The van der Waals surface area contributed by atoms with Crippen LogP contribution in [0.4, 0.5) is 5.69 Å². The van der Waals surface area contributed by atoms with Gasteiger partial charge in [-0.25, -0.2) is 0 Å². The summed E-state index contributed by atoms with van der Waals surface area (Å²) < 4.78 is 5.76. The highest BCUT2D eigenvalue weighted by Crippen LogP contribution is 2.35. The Bertz CT molecular complexity index is 1430. The monoisotopic (exact) mass is 497 g/mol. The van der Waals surface area contributed by atoms with Gasteiger partial charge in [-0.2, -0.15) is 5.10 Å². The third-order valence-corrected chi connectivity index (χ3v) is 7.15. The molecule has 0 radical (unpaired) electrons. The van der Waals surface area contributed by atoms with Gasteiger partial charge in [0.1, 0.15) is 11.8 Å². The molecule has 1 aliphatic rings. The van der Waals surface area contributed by atoms with Crippen LogP contribution in [0, 0.1) is 0 Å². The molecule has 0 aliphatic carbocycles. The van der Waals surface area contributed by atoms with E-state index in [4.69, 9.17) is 4.74 Å². The average molecular weight is 498 g/mol. The van der Waals surface area contributed by atoms with Crippen LogP contribution in [-0.2, 0) is 22.6 Å². The molecule has 2 heterocycles. The van der Waals surface area contributed by atoms with Crippen molar-refractivity contribution in [1.82, 2.24) is 20.8 Å². The maximum absolute atomic E-state index is 13.9. The van der Waals surface area contributed by atoms with Gasteiger partial charge in [0.2, 0.25) is 11.8 Å². The number of amides is 2. The zero-order valence-electron chi connectivity index (χ0n) is 21.2. The molecular weight excluding hydrogens is 466 g/mol. The van der Waals surface area contributed by atoms with Crippen molar-refractivity contribution in [2.75, 3.05) is 19.1 Å². The number of aromatic amines is 1. The SMILES string of the molecule is CNC(C)C(=O)NC1CCc2ccccc2N(Cc2c(OC)ccc3cc(-c4cn[nH]c4)ccc23)C1=O. The Morgan fingerprint density at radius 3 is 2.78 bits per heavy atom. The van der Waals surface area contributed by atoms with Crippen LogP contribution in [0.3, 0.4) is 0 Å². The van der Waals surface area contributed by atoms with Crippen LogP contribution in [0.15, 0.2) is 67.0 Å². The Kier molecular flexibility index (Phi) is 6.92. The number of aromatic nitrogens is 2. The van der Waals surface area contributed by atoms with Crippen molar-refractivity contribution in [1.29, 1.82) is 0 Å². The molecule has 4 aromatic rings. The number of hydrogen-bond donors (Lipinski definition) is 3. The Morgan fingerprint density at radius 1 is 1.19 bits per heavy atom. The lowest BCUT2D eigenvalue weighted by Gasteiger charge is -2.28. The van der Waals surface area contributed by atoms with Gasteiger partial charge in [-0.05, 0) is 66.9 Å². The van der Waals surface area contributed by atoms with Crippen molar-refractivity contribution in [3.05, 3.63) is 78.1 Å². The minimum absolute atomic E-state index is 0.129. The first kappa shape index (κ1) is 24.5. The third-order valence-electron chi connectivity index (χ3n) is 7.15.